The second-order valence-electron chi connectivity index (χ2n) is 5.10. The van der Waals surface area contributed by atoms with Gasteiger partial charge in [-0.25, -0.2) is 0 Å². The van der Waals surface area contributed by atoms with Crippen LogP contribution in [0.15, 0.2) is 18.2 Å². The Labute approximate surface area is 127 Å². The molecule has 0 spiro atoms. The topological polar surface area (TPSA) is 65.5 Å². The molecule has 0 aliphatic carbocycles. The van der Waals surface area contributed by atoms with Crippen molar-refractivity contribution in [1.82, 2.24) is 15.5 Å². The van der Waals surface area contributed by atoms with E-state index in [0.717, 1.165) is 17.3 Å². The van der Waals surface area contributed by atoms with E-state index in [2.05, 4.69) is 29.4 Å². The van der Waals surface area contributed by atoms with Crippen molar-refractivity contribution < 1.29 is 14.2 Å². The fourth-order valence-electron chi connectivity index (χ4n) is 1.86. The van der Waals surface area contributed by atoms with Crippen molar-refractivity contribution in [3.63, 3.8) is 0 Å². The Balaban J connectivity index is 1.59. The molecule has 112 valence electrons. The summed E-state index contributed by atoms with van der Waals surface area (Å²) < 4.78 is 16.3. The summed E-state index contributed by atoms with van der Waals surface area (Å²) in [5.41, 5.74) is 0. The molecule has 2 aromatic rings. The van der Waals surface area contributed by atoms with Gasteiger partial charge in [0.2, 0.25) is 6.79 Å². The molecule has 0 bridgehead atoms. The number of hydrogen-bond acceptors (Lipinski definition) is 7. The van der Waals surface area contributed by atoms with E-state index < -0.39 is 0 Å². The van der Waals surface area contributed by atoms with Gasteiger partial charge in [0.1, 0.15) is 10.8 Å². The number of aromatic nitrogens is 2. The molecule has 1 aliphatic heterocycles. The smallest absolute Gasteiger partial charge is 0.299 e. The predicted molar refractivity (Wildman–Crippen MR) is 79.1 cm³/mol. The molecule has 1 aliphatic rings. The summed E-state index contributed by atoms with van der Waals surface area (Å²) in [6.45, 7) is 6.25. The normalized spacial score (nSPS) is 12.9. The number of nitrogens with zero attached hydrogens (tertiary/aromatic N) is 2. The van der Waals surface area contributed by atoms with E-state index in [9.17, 15) is 0 Å². The average Bonchev–Trinajstić information content (AvgIpc) is 3.07. The first-order valence-electron chi connectivity index (χ1n) is 6.81. The molecule has 0 amide bonds. The second-order valence-corrected chi connectivity index (χ2v) is 6.13. The minimum atomic E-state index is 0.253. The summed E-state index contributed by atoms with van der Waals surface area (Å²) in [6.07, 6.45) is 0. The lowest BCUT2D eigenvalue weighted by Crippen LogP contribution is -2.18. The molecular weight excluding hydrogens is 290 g/mol. The van der Waals surface area contributed by atoms with E-state index in [-0.39, 0.29) is 6.79 Å². The van der Waals surface area contributed by atoms with Gasteiger partial charge in [-0.05, 0) is 24.6 Å². The van der Waals surface area contributed by atoms with Gasteiger partial charge in [-0.3, -0.25) is 0 Å². The molecule has 0 unspecified atom stereocenters. The lowest BCUT2D eigenvalue weighted by atomic mass is 10.2. The first-order valence-corrected chi connectivity index (χ1v) is 7.63. The number of hydrogen-bond donors (Lipinski definition) is 1. The molecule has 7 heteroatoms. The van der Waals surface area contributed by atoms with Crippen LogP contribution >= 0.6 is 11.3 Å². The summed E-state index contributed by atoms with van der Waals surface area (Å²) in [4.78, 5) is 0. The molecule has 6 nitrogen and oxygen atoms in total. The van der Waals surface area contributed by atoms with E-state index in [1.165, 1.54) is 11.3 Å². The zero-order valence-corrected chi connectivity index (χ0v) is 12.8. The van der Waals surface area contributed by atoms with Crippen molar-refractivity contribution in [3.05, 3.63) is 23.2 Å². The van der Waals surface area contributed by atoms with Crippen LogP contribution in [0.4, 0.5) is 0 Å². The minimum absolute atomic E-state index is 0.253. The molecule has 0 saturated heterocycles. The lowest BCUT2D eigenvalue weighted by Gasteiger charge is -2.04. The van der Waals surface area contributed by atoms with Crippen molar-refractivity contribution in [2.24, 2.45) is 5.92 Å². The fraction of sp³-hybridized carbons (Fsp3) is 0.429. The van der Waals surface area contributed by atoms with Gasteiger partial charge in [-0.2, -0.15) is 0 Å². The standard InChI is InChI=1S/C14H17N3O3S/c1-9(2)6-15-7-13-16-17-14(21-13)20-10-3-4-11-12(5-10)19-8-18-11/h3-5,9,15H,6-8H2,1-2H3. The van der Waals surface area contributed by atoms with Crippen LogP contribution < -0.4 is 19.5 Å². The van der Waals surface area contributed by atoms with Crippen LogP contribution in [0.5, 0.6) is 22.4 Å². The van der Waals surface area contributed by atoms with E-state index >= 15 is 0 Å². The lowest BCUT2D eigenvalue weighted by molar-refractivity contribution is 0.174. The first kappa shape index (κ1) is 14.1. The maximum Gasteiger partial charge on any atom is 0.299 e. The molecule has 0 fully saturated rings. The Hall–Kier alpha value is -1.86. The van der Waals surface area contributed by atoms with E-state index in [1.54, 1.807) is 6.07 Å². The van der Waals surface area contributed by atoms with Crippen LogP contribution in [0, 0.1) is 5.92 Å². The van der Waals surface area contributed by atoms with Gasteiger partial charge in [0.05, 0.1) is 0 Å². The van der Waals surface area contributed by atoms with Crippen LogP contribution in [0.25, 0.3) is 0 Å². The molecular formula is C14H17N3O3S. The van der Waals surface area contributed by atoms with Gasteiger partial charge in [-0.1, -0.05) is 30.3 Å². The predicted octanol–water partition coefficient (Wildman–Crippen LogP) is 2.80. The second kappa shape index (κ2) is 6.28. The maximum atomic E-state index is 5.69. The highest BCUT2D eigenvalue weighted by Crippen LogP contribution is 2.36. The van der Waals surface area contributed by atoms with Crippen LogP contribution in [-0.4, -0.2) is 23.5 Å². The van der Waals surface area contributed by atoms with Gasteiger partial charge in [-0.15, -0.1) is 5.10 Å². The number of nitrogens with one attached hydrogen (secondary N) is 1. The molecule has 1 N–H and O–H groups in total. The molecule has 21 heavy (non-hydrogen) atoms. The number of rotatable bonds is 6. The SMILES string of the molecule is CC(C)CNCc1nnc(Oc2ccc3c(c2)OCO3)s1. The summed E-state index contributed by atoms with van der Waals surface area (Å²) in [5, 5.41) is 12.9. The summed E-state index contributed by atoms with van der Waals surface area (Å²) in [6, 6.07) is 5.44. The highest BCUT2D eigenvalue weighted by atomic mass is 32.1. The average molecular weight is 307 g/mol. The minimum Gasteiger partial charge on any atom is -0.454 e. The Morgan fingerprint density at radius 3 is 3.00 bits per heavy atom. The van der Waals surface area contributed by atoms with Crippen LogP contribution in [-0.2, 0) is 6.54 Å². The summed E-state index contributed by atoms with van der Waals surface area (Å²) in [5.74, 6) is 2.70. The van der Waals surface area contributed by atoms with Gasteiger partial charge in [0.25, 0.3) is 5.19 Å². The van der Waals surface area contributed by atoms with E-state index in [1.807, 2.05) is 12.1 Å². The Morgan fingerprint density at radius 2 is 2.14 bits per heavy atom. The van der Waals surface area contributed by atoms with Crippen LogP contribution in [0.1, 0.15) is 18.9 Å². The Morgan fingerprint density at radius 1 is 1.29 bits per heavy atom. The maximum absolute atomic E-state index is 5.69. The van der Waals surface area contributed by atoms with E-state index in [4.69, 9.17) is 14.2 Å². The quantitative estimate of drug-likeness (QED) is 0.885. The van der Waals surface area contributed by atoms with Crippen molar-refractivity contribution in [1.29, 1.82) is 0 Å². The summed E-state index contributed by atoms with van der Waals surface area (Å²) >= 11 is 1.43. The summed E-state index contributed by atoms with van der Waals surface area (Å²) in [7, 11) is 0. The molecule has 2 heterocycles. The third-order valence-corrected chi connectivity index (χ3v) is 3.63. The van der Waals surface area contributed by atoms with Crippen molar-refractivity contribution in [2.45, 2.75) is 20.4 Å². The Kier molecular flexibility index (Phi) is 4.21. The third-order valence-electron chi connectivity index (χ3n) is 2.83. The number of ether oxygens (including phenoxy) is 3. The molecule has 3 rings (SSSR count). The fourth-order valence-corrected chi connectivity index (χ4v) is 2.54. The molecule has 1 aromatic heterocycles. The molecule has 0 radical (unpaired) electrons. The highest BCUT2D eigenvalue weighted by Gasteiger charge is 2.15. The highest BCUT2D eigenvalue weighted by molar-refractivity contribution is 7.13. The van der Waals surface area contributed by atoms with Crippen LogP contribution in [0.3, 0.4) is 0 Å². The first-order chi connectivity index (χ1) is 10.2. The van der Waals surface area contributed by atoms with Crippen molar-refractivity contribution >= 4 is 11.3 Å². The van der Waals surface area contributed by atoms with Crippen molar-refractivity contribution in [3.8, 4) is 22.4 Å². The van der Waals surface area contributed by atoms with Gasteiger partial charge < -0.3 is 19.5 Å². The molecule has 1 aromatic carbocycles. The molecule has 0 saturated carbocycles. The third kappa shape index (κ3) is 3.62. The number of benzene rings is 1. The zero-order chi connectivity index (χ0) is 14.7. The van der Waals surface area contributed by atoms with Gasteiger partial charge in [0, 0.05) is 12.6 Å². The van der Waals surface area contributed by atoms with Gasteiger partial charge in [0.15, 0.2) is 11.5 Å². The van der Waals surface area contributed by atoms with Gasteiger partial charge >= 0.3 is 0 Å². The Bertz CT molecular complexity index is 615. The monoisotopic (exact) mass is 307 g/mol. The largest absolute Gasteiger partial charge is 0.454 e. The zero-order valence-electron chi connectivity index (χ0n) is 12.0. The van der Waals surface area contributed by atoms with Crippen molar-refractivity contribution in [2.75, 3.05) is 13.3 Å². The molecule has 0 atom stereocenters. The number of fused-ring (bicyclic) bond motifs is 1. The van der Waals surface area contributed by atoms with Crippen LogP contribution in [0.2, 0.25) is 0 Å². The van der Waals surface area contributed by atoms with E-state index in [0.29, 0.717) is 29.2 Å².